The van der Waals surface area contributed by atoms with Crippen LogP contribution >= 0.6 is 15.9 Å². The van der Waals surface area contributed by atoms with Gasteiger partial charge in [-0.25, -0.2) is 0 Å². The minimum absolute atomic E-state index is 0.740. The van der Waals surface area contributed by atoms with Gasteiger partial charge in [-0.1, -0.05) is 32.0 Å². The third-order valence-electron chi connectivity index (χ3n) is 3.30. The SMILES string of the molecule is CC(C)CNCCCCn1cc(Br)c2ccccc21. The predicted octanol–water partition coefficient (Wildman–Crippen LogP) is 4.43. The van der Waals surface area contributed by atoms with Crippen LogP contribution in [0.4, 0.5) is 0 Å². The maximum atomic E-state index is 3.63. The molecular weight excluding hydrogens is 300 g/mol. The molecule has 0 amide bonds. The van der Waals surface area contributed by atoms with Crippen LogP contribution in [0.1, 0.15) is 26.7 Å². The van der Waals surface area contributed by atoms with E-state index in [9.17, 15) is 0 Å². The van der Waals surface area contributed by atoms with Gasteiger partial charge in [-0.2, -0.15) is 0 Å². The first-order valence-corrected chi connectivity index (χ1v) is 7.92. The van der Waals surface area contributed by atoms with Crippen molar-refractivity contribution in [3.63, 3.8) is 0 Å². The van der Waals surface area contributed by atoms with Crippen LogP contribution in [0.2, 0.25) is 0 Å². The number of benzene rings is 1. The third-order valence-corrected chi connectivity index (χ3v) is 3.93. The number of para-hydroxylation sites is 1. The highest BCUT2D eigenvalue weighted by Crippen LogP contribution is 2.26. The molecule has 0 unspecified atom stereocenters. The molecule has 0 bridgehead atoms. The lowest BCUT2D eigenvalue weighted by Gasteiger charge is -2.08. The molecule has 0 aliphatic carbocycles. The largest absolute Gasteiger partial charge is 0.346 e. The van der Waals surface area contributed by atoms with E-state index in [4.69, 9.17) is 0 Å². The highest BCUT2D eigenvalue weighted by molar-refractivity contribution is 9.10. The van der Waals surface area contributed by atoms with Crippen molar-refractivity contribution < 1.29 is 0 Å². The van der Waals surface area contributed by atoms with Gasteiger partial charge in [-0.15, -0.1) is 0 Å². The molecule has 1 aromatic heterocycles. The Balaban J connectivity index is 1.82. The van der Waals surface area contributed by atoms with Gasteiger partial charge in [0, 0.05) is 28.1 Å². The molecule has 0 atom stereocenters. The maximum Gasteiger partial charge on any atom is 0.0492 e. The lowest BCUT2D eigenvalue weighted by molar-refractivity contribution is 0.522. The fraction of sp³-hybridized carbons (Fsp3) is 0.500. The Hall–Kier alpha value is -0.800. The number of hydrogen-bond acceptors (Lipinski definition) is 1. The molecule has 1 aromatic carbocycles. The standard InChI is InChI=1S/C16H23BrN2/c1-13(2)11-18-9-5-6-10-19-12-15(17)14-7-3-4-8-16(14)19/h3-4,7-8,12-13,18H,5-6,9-11H2,1-2H3. The number of rotatable bonds is 7. The molecule has 3 heteroatoms. The van der Waals surface area contributed by atoms with Crippen molar-refractivity contribution in [3.05, 3.63) is 34.9 Å². The smallest absolute Gasteiger partial charge is 0.0492 e. The molecule has 0 saturated carbocycles. The van der Waals surface area contributed by atoms with E-state index in [1.807, 2.05) is 0 Å². The highest BCUT2D eigenvalue weighted by Gasteiger charge is 2.04. The first-order valence-electron chi connectivity index (χ1n) is 7.12. The van der Waals surface area contributed by atoms with E-state index in [2.05, 4.69) is 70.1 Å². The molecule has 2 nitrogen and oxygen atoms in total. The van der Waals surface area contributed by atoms with E-state index in [1.54, 1.807) is 0 Å². The van der Waals surface area contributed by atoms with E-state index in [1.165, 1.54) is 28.2 Å². The summed E-state index contributed by atoms with van der Waals surface area (Å²) in [7, 11) is 0. The van der Waals surface area contributed by atoms with Gasteiger partial charge in [0.2, 0.25) is 0 Å². The molecule has 19 heavy (non-hydrogen) atoms. The minimum atomic E-state index is 0.740. The number of aromatic nitrogens is 1. The number of nitrogens with one attached hydrogen (secondary N) is 1. The van der Waals surface area contributed by atoms with Gasteiger partial charge in [0.1, 0.15) is 0 Å². The van der Waals surface area contributed by atoms with E-state index >= 15 is 0 Å². The molecule has 1 heterocycles. The lowest BCUT2D eigenvalue weighted by Crippen LogP contribution is -2.20. The molecule has 2 rings (SSSR count). The van der Waals surface area contributed by atoms with E-state index in [0.29, 0.717) is 0 Å². The third kappa shape index (κ3) is 4.08. The maximum absolute atomic E-state index is 3.63. The quantitative estimate of drug-likeness (QED) is 0.746. The van der Waals surface area contributed by atoms with E-state index in [0.717, 1.165) is 25.6 Å². The monoisotopic (exact) mass is 322 g/mol. The summed E-state index contributed by atoms with van der Waals surface area (Å²) in [6, 6.07) is 8.56. The fourth-order valence-electron chi connectivity index (χ4n) is 2.31. The van der Waals surface area contributed by atoms with Crippen molar-refractivity contribution in [1.29, 1.82) is 0 Å². The summed E-state index contributed by atoms with van der Waals surface area (Å²) in [5, 5.41) is 4.80. The normalized spacial score (nSPS) is 11.6. The van der Waals surface area contributed by atoms with Crippen LogP contribution in [-0.2, 0) is 6.54 Å². The summed E-state index contributed by atoms with van der Waals surface area (Å²) in [5.41, 5.74) is 1.32. The van der Waals surface area contributed by atoms with Gasteiger partial charge in [0.15, 0.2) is 0 Å². The molecule has 0 fully saturated rings. The van der Waals surface area contributed by atoms with Gasteiger partial charge in [0.05, 0.1) is 0 Å². The van der Waals surface area contributed by atoms with Crippen LogP contribution in [0.3, 0.4) is 0 Å². The Morgan fingerprint density at radius 1 is 1.21 bits per heavy atom. The van der Waals surface area contributed by atoms with Crippen LogP contribution in [0.5, 0.6) is 0 Å². The number of aryl methyl sites for hydroxylation is 1. The number of hydrogen-bond donors (Lipinski definition) is 1. The lowest BCUT2D eigenvalue weighted by atomic mass is 10.2. The molecule has 0 aliphatic heterocycles. The average Bonchev–Trinajstić information content (AvgIpc) is 2.71. The predicted molar refractivity (Wildman–Crippen MR) is 86.6 cm³/mol. The number of nitrogens with zero attached hydrogens (tertiary/aromatic N) is 1. The minimum Gasteiger partial charge on any atom is -0.346 e. The summed E-state index contributed by atoms with van der Waals surface area (Å²) >= 11 is 3.63. The molecular formula is C16H23BrN2. The Bertz CT molecular complexity index is 516. The number of unbranched alkanes of at least 4 members (excludes halogenated alkanes) is 1. The first kappa shape index (κ1) is 14.6. The second-order valence-corrected chi connectivity index (χ2v) is 6.35. The summed E-state index contributed by atoms with van der Waals surface area (Å²) in [5.74, 6) is 0.740. The van der Waals surface area contributed by atoms with Gasteiger partial charge < -0.3 is 9.88 Å². The molecule has 0 radical (unpaired) electrons. The summed E-state index contributed by atoms with van der Waals surface area (Å²) in [6.07, 6.45) is 4.65. The molecule has 1 N–H and O–H groups in total. The van der Waals surface area contributed by atoms with E-state index < -0.39 is 0 Å². The van der Waals surface area contributed by atoms with Crippen LogP contribution < -0.4 is 5.32 Å². The molecule has 104 valence electrons. The zero-order chi connectivity index (χ0) is 13.7. The molecule has 0 aliphatic rings. The number of fused-ring (bicyclic) bond motifs is 1. The van der Waals surface area contributed by atoms with Gasteiger partial charge in [-0.3, -0.25) is 0 Å². The Kier molecular flexibility index (Phi) is 5.46. The van der Waals surface area contributed by atoms with Crippen LogP contribution in [0.15, 0.2) is 34.9 Å². The van der Waals surface area contributed by atoms with Crippen molar-refractivity contribution in [2.24, 2.45) is 5.92 Å². The topological polar surface area (TPSA) is 17.0 Å². The van der Waals surface area contributed by atoms with Crippen molar-refractivity contribution >= 4 is 26.8 Å². The summed E-state index contributed by atoms with van der Waals surface area (Å²) < 4.78 is 3.54. The van der Waals surface area contributed by atoms with Crippen LogP contribution in [0.25, 0.3) is 10.9 Å². The Labute approximate surface area is 124 Å². The van der Waals surface area contributed by atoms with Crippen LogP contribution in [0, 0.1) is 5.92 Å². The average molecular weight is 323 g/mol. The zero-order valence-electron chi connectivity index (χ0n) is 11.8. The Morgan fingerprint density at radius 2 is 2.00 bits per heavy atom. The highest BCUT2D eigenvalue weighted by atomic mass is 79.9. The second kappa shape index (κ2) is 7.11. The molecule has 0 saturated heterocycles. The number of halogens is 1. The van der Waals surface area contributed by atoms with Gasteiger partial charge in [0.25, 0.3) is 0 Å². The van der Waals surface area contributed by atoms with Gasteiger partial charge >= 0.3 is 0 Å². The van der Waals surface area contributed by atoms with Crippen molar-refractivity contribution in [1.82, 2.24) is 9.88 Å². The Morgan fingerprint density at radius 3 is 2.79 bits per heavy atom. The zero-order valence-corrected chi connectivity index (χ0v) is 13.4. The first-order chi connectivity index (χ1) is 9.18. The van der Waals surface area contributed by atoms with Gasteiger partial charge in [-0.05, 0) is 53.8 Å². The van der Waals surface area contributed by atoms with Crippen LogP contribution in [-0.4, -0.2) is 17.7 Å². The second-order valence-electron chi connectivity index (χ2n) is 5.49. The van der Waals surface area contributed by atoms with Crippen molar-refractivity contribution in [2.75, 3.05) is 13.1 Å². The molecule has 2 aromatic rings. The fourth-order valence-corrected chi connectivity index (χ4v) is 2.89. The summed E-state index contributed by atoms with van der Waals surface area (Å²) in [6.45, 7) is 7.83. The van der Waals surface area contributed by atoms with E-state index in [-0.39, 0.29) is 0 Å². The summed E-state index contributed by atoms with van der Waals surface area (Å²) in [4.78, 5) is 0. The van der Waals surface area contributed by atoms with Crippen molar-refractivity contribution in [2.45, 2.75) is 33.2 Å². The van der Waals surface area contributed by atoms with Crippen molar-refractivity contribution in [3.8, 4) is 0 Å². The molecule has 0 spiro atoms.